The van der Waals surface area contributed by atoms with Gasteiger partial charge in [0.1, 0.15) is 18.5 Å². The smallest absolute Gasteiger partial charge is 0.125 e. The number of rotatable bonds is 6. The lowest BCUT2D eigenvalue weighted by atomic mass is 10.00. The number of para-hydroxylation sites is 1. The van der Waals surface area contributed by atoms with Gasteiger partial charge in [0.25, 0.3) is 0 Å². The molecule has 0 aliphatic rings. The third-order valence-corrected chi connectivity index (χ3v) is 3.90. The first kappa shape index (κ1) is 16.0. The minimum atomic E-state index is -0.737. The van der Waals surface area contributed by atoms with E-state index in [9.17, 15) is 5.11 Å². The van der Waals surface area contributed by atoms with Gasteiger partial charge in [-0.1, -0.05) is 46.3 Å². The lowest BCUT2D eigenvalue weighted by Gasteiger charge is -2.18. The first-order chi connectivity index (χ1) is 10.1. The number of ether oxygens (including phenoxy) is 2. The van der Waals surface area contributed by atoms with Gasteiger partial charge in [0.05, 0.1) is 6.61 Å². The summed E-state index contributed by atoms with van der Waals surface area (Å²) < 4.78 is 11.6. The van der Waals surface area contributed by atoms with Gasteiger partial charge in [0, 0.05) is 17.1 Å². The fraction of sp³-hybridized carbons (Fsp3) is 0.294. The maximum atomic E-state index is 10.7. The highest BCUT2D eigenvalue weighted by atomic mass is 79.9. The van der Waals surface area contributed by atoms with E-state index < -0.39 is 6.10 Å². The fourth-order valence-corrected chi connectivity index (χ4v) is 2.80. The van der Waals surface area contributed by atoms with Crippen molar-refractivity contribution in [2.24, 2.45) is 0 Å². The molecule has 2 aromatic carbocycles. The summed E-state index contributed by atoms with van der Waals surface area (Å²) in [6, 6.07) is 13.4. The Hall–Kier alpha value is -1.36. The molecule has 0 aliphatic carbocycles. The van der Waals surface area contributed by atoms with E-state index in [1.54, 1.807) is 7.11 Å². The molecule has 0 saturated carbocycles. The summed E-state index contributed by atoms with van der Waals surface area (Å²) in [5.74, 6) is 0.675. The quantitative estimate of drug-likeness (QED) is 0.803. The van der Waals surface area contributed by atoms with Gasteiger partial charge in [-0.3, -0.25) is 0 Å². The zero-order valence-electron chi connectivity index (χ0n) is 12.2. The highest BCUT2D eigenvalue weighted by Crippen LogP contribution is 2.34. The number of aliphatic hydroxyl groups excluding tert-OH is 1. The molecule has 112 valence electrons. The average molecular weight is 351 g/mol. The summed E-state index contributed by atoms with van der Waals surface area (Å²) in [6.07, 6.45) is -0.737. The first-order valence-corrected chi connectivity index (χ1v) is 7.57. The van der Waals surface area contributed by atoms with Gasteiger partial charge in [-0.05, 0) is 30.2 Å². The molecule has 0 heterocycles. The predicted molar refractivity (Wildman–Crippen MR) is 86.8 cm³/mol. The molecular formula is C17H19BrO3. The Kier molecular flexibility index (Phi) is 5.79. The number of aliphatic hydroxyl groups is 1. The molecule has 1 N–H and O–H groups in total. The van der Waals surface area contributed by atoms with Crippen molar-refractivity contribution in [1.82, 2.24) is 0 Å². The lowest BCUT2D eigenvalue weighted by Crippen LogP contribution is -2.08. The molecule has 0 amide bonds. The monoisotopic (exact) mass is 350 g/mol. The largest absolute Gasteiger partial charge is 0.491 e. The second-order valence-electron chi connectivity index (χ2n) is 4.81. The Balaban J connectivity index is 2.27. The van der Waals surface area contributed by atoms with Crippen LogP contribution in [0.2, 0.25) is 0 Å². The number of hydrogen-bond acceptors (Lipinski definition) is 3. The van der Waals surface area contributed by atoms with Gasteiger partial charge < -0.3 is 14.6 Å². The molecule has 2 rings (SSSR count). The molecule has 0 radical (unpaired) electrons. The Morgan fingerprint density at radius 2 is 1.86 bits per heavy atom. The molecule has 0 aromatic heterocycles. The molecule has 0 spiro atoms. The van der Waals surface area contributed by atoms with Gasteiger partial charge in [0.15, 0.2) is 0 Å². The number of hydrogen-bond donors (Lipinski definition) is 1. The second kappa shape index (κ2) is 7.59. The van der Waals surface area contributed by atoms with E-state index in [0.29, 0.717) is 19.0 Å². The van der Waals surface area contributed by atoms with E-state index in [1.807, 2.05) is 49.4 Å². The number of halogens is 1. The van der Waals surface area contributed by atoms with Crippen molar-refractivity contribution in [1.29, 1.82) is 0 Å². The van der Waals surface area contributed by atoms with Crippen LogP contribution in [0.5, 0.6) is 5.75 Å². The van der Waals surface area contributed by atoms with Crippen LogP contribution in [-0.2, 0) is 4.74 Å². The first-order valence-electron chi connectivity index (χ1n) is 6.78. The topological polar surface area (TPSA) is 38.7 Å². The third-order valence-electron chi connectivity index (χ3n) is 3.21. The minimum absolute atomic E-state index is 0.454. The van der Waals surface area contributed by atoms with Crippen molar-refractivity contribution < 1.29 is 14.6 Å². The van der Waals surface area contributed by atoms with Gasteiger partial charge in [-0.25, -0.2) is 0 Å². The van der Waals surface area contributed by atoms with Crippen molar-refractivity contribution >= 4 is 15.9 Å². The highest BCUT2D eigenvalue weighted by Gasteiger charge is 2.17. The van der Waals surface area contributed by atoms with Crippen LogP contribution in [0.4, 0.5) is 0 Å². The third kappa shape index (κ3) is 4.06. The van der Waals surface area contributed by atoms with E-state index in [-0.39, 0.29) is 0 Å². The molecule has 3 nitrogen and oxygen atoms in total. The van der Waals surface area contributed by atoms with Crippen LogP contribution < -0.4 is 4.74 Å². The van der Waals surface area contributed by atoms with E-state index >= 15 is 0 Å². The maximum Gasteiger partial charge on any atom is 0.125 e. The van der Waals surface area contributed by atoms with Crippen LogP contribution in [0.3, 0.4) is 0 Å². The second-order valence-corrected chi connectivity index (χ2v) is 5.66. The molecular weight excluding hydrogens is 332 g/mol. The maximum absolute atomic E-state index is 10.7. The molecule has 2 aromatic rings. The van der Waals surface area contributed by atoms with Gasteiger partial charge >= 0.3 is 0 Å². The predicted octanol–water partition coefficient (Wildman–Crippen LogP) is 3.86. The molecule has 0 saturated heterocycles. The van der Waals surface area contributed by atoms with Gasteiger partial charge in [-0.15, -0.1) is 0 Å². The summed E-state index contributed by atoms with van der Waals surface area (Å²) in [6.45, 7) is 2.98. The minimum Gasteiger partial charge on any atom is -0.491 e. The van der Waals surface area contributed by atoms with E-state index in [0.717, 1.165) is 21.2 Å². The van der Waals surface area contributed by atoms with Crippen LogP contribution in [0.1, 0.15) is 22.8 Å². The van der Waals surface area contributed by atoms with E-state index in [4.69, 9.17) is 9.47 Å². The standard InChI is InChI=1S/C17H19BrO3/c1-12-7-8-13(15(18)11-12)17(19)14-5-3-4-6-16(14)21-10-9-20-2/h3-8,11,17,19H,9-10H2,1-2H3. The van der Waals surface area contributed by atoms with Crippen LogP contribution in [-0.4, -0.2) is 25.4 Å². The molecule has 0 fully saturated rings. The van der Waals surface area contributed by atoms with Crippen molar-refractivity contribution in [2.45, 2.75) is 13.0 Å². The molecule has 0 bridgehead atoms. The lowest BCUT2D eigenvalue weighted by molar-refractivity contribution is 0.142. The highest BCUT2D eigenvalue weighted by molar-refractivity contribution is 9.10. The summed E-state index contributed by atoms with van der Waals surface area (Å²) in [4.78, 5) is 0. The van der Waals surface area contributed by atoms with Crippen LogP contribution in [0.25, 0.3) is 0 Å². The summed E-state index contributed by atoms with van der Waals surface area (Å²) in [7, 11) is 1.63. The van der Waals surface area contributed by atoms with Crippen LogP contribution in [0, 0.1) is 6.92 Å². The van der Waals surface area contributed by atoms with Crippen molar-refractivity contribution in [2.75, 3.05) is 20.3 Å². The zero-order chi connectivity index (χ0) is 15.2. The van der Waals surface area contributed by atoms with Crippen LogP contribution in [0.15, 0.2) is 46.9 Å². The van der Waals surface area contributed by atoms with Gasteiger partial charge in [0.2, 0.25) is 0 Å². The van der Waals surface area contributed by atoms with E-state index in [1.165, 1.54) is 0 Å². The Bertz CT molecular complexity index is 598. The number of benzene rings is 2. The van der Waals surface area contributed by atoms with Crippen LogP contribution >= 0.6 is 15.9 Å². The van der Waals surface area contributed by atoms with Gasteiger partial charge in [-0.2, -0.15) is 0 Å². The average Bonchev–Trinajstić information content (AvgIpc) is 2.47. The SMILES string of the molecule is COCCOc1ccccc1C(O)c1ccc(C)cc1Br. The number of aryl methyl sites for hydroxylation is 1. The summed E-state index contributed by atoms with van der Waals surface area (Å²) >= 11 is 3.51. The molecule has 21 heavy (non-hydrogen) atoms. The molecule has 0 aliphatic heterocycles. The number of methoxy groups -OCH3 is 1. The molecule has 1 atom stereocenters. The Morgan fingerprint density at radius 3 is 2.57 bits per heavy atom. The normalized spacial score (nSPS) is 12.2. The van der Waals surface area contributed by atoms with Crippen molar-refractivity contribution in [3.63, 3.8) is 0 Å². The van der Waals surface area contributed by atoms with E-state index in [2.05, 4.69) is 15.9 Å². The van der Waals surface area contributed by atoms with Crippen molar-refractivity contribution in [3.05, 3.63) is 63.6 Å². The summed E-state index contributed by atoms with van der Waals surface area (Å²) in [5.41, 5.74) is 2.71. The Labute approximate surface area is 133 Å². The van der Waals surface area contributed by atoms with Crippen molar-refractivity contribution in [3.8, 4) is 5.75 Å². The fourth-order valence-electron chi connectivity index (χ4n) is 2.09. The summed E-state index contributed by atoms with van der Waals surface area (Å²) in [5, 5.41) is 10.7. The Morgan fingerprint density at radius 1 is 1.10 bits per heavy atom. The zero-order valence-corrected chi connectivity index (χ0v) is 13.8. The molecule has 1 unspecified atom stereocenters. The molecule has 4 heteroatoms.